The van der Waals surface area contributed by atoms with Gasteiger partial charge in [0.1, 0.15) is 11.9 Å². The van der Waals surface area contributed by atoms with Gasteiger partial charge in [0.15, 0.2) is 0 Å². The van der Waals surface area contributed by atoms with Crippen LogP contribution in [0.25, 0.3) is 0 Å². The van der Waals surface area contributed by atoms with Crippen LogP contribution in [-0.4, -0.2) is 25.9 Å². The molecule has 0 fully saturated rings. The van der Waals surface area contributed by atoms with Crippen LogP contribution in [0.15, 0.2) is 6.20 Å². The van der Waals surface area contributed by atoms with E-state index in [1.54, 1.807) is 14.0 Å². The molecule has 0 aromatic carbocycles. The second kappa shape index (κ2) is 4.19. The van der Waals surface area contributed by atoms with Crippen molar-refractivity contribution in [2.45, 2.75) is 25.9 Å². The van der Waals surface area contributed by atoms with E-state index in [0.717, 1.165) is 0 Å². The quantitative estimate of drug-likeness (QED) is 0.570. The van der Waals surface area contributed by atoms with Crippen molar-refractivity contribution < 1.29 is 10.0 Å². The minimum atomic E-state index is -0.454. The van der Waals surface area contributed by atoms with Gasteiger partial charge in [-0.05, 0) is 19.8 Å². The summed E-state index contributed by atoms with van der Waals surface area (Å²) in [5, 5.41) is 23.5. The molecule has 78 valence electrons. The number of hydrogen-bond donors (Lipinski definition) is 1. The van der Waals surface area contributed by atoms with Gasteiger partial charge in [0.25, 0.3) is 0 Å². The molecule has 6 nitrogen and oxygen atoms in total. The van der Waals surface area contributed by atoms with Crippen molar-refractivity contribution in [3.8, 4) is 0 Å². The summed E-state index contributed by atoms with van der Waals surface area (Å²) in [6.45, 7) is 1.65. The normalized spacial score (nSPS) is 12.8. The Morgan fingerprint density at radius 2 is 2.43 bits per heavy atom. The van der Waals surface area contributed by atoms with Gasteiger partial charge in [-0.2, -0.15) is 5.10 Å². The first kappa shape index (κ1) is 10.6. The molecule has 1 rings (SSSR count). The predicted molar refractivity (Wildman–Crippen MR) is 49.9 cm³/mol. The first-order valence-electron chi connectivity index (χ1n) is 4.35. The van der Waals surface area contributed by atoms with E-state index in [1.807, 2.05) is 0 Å². The van der Waals surface area contributed by atoms with Crippen LogP contribution < -0.4 is 0 Å². The van der Waals surface area contributed by atoms with E-state index in [-0.39, 0.29) is 5.69 Å². The lowest BCUT2D eigenvalue weighted by Gasteiger charge is -2.03. The minimum Gasteiger partial charge on any atom is -0.393 e. The molecule has 1 atom stereocenters. The van der Waals surface area contributed by atoms with Gasteiger partial charge in [-0.1, -0.05) is 0 Å². The highest BCUT2D eigenvalue weighted by molar-refractivity contribution is 5.32. The molecule has 14 heavy (non-hydrogen) atoms. The van der Waals surface area contributed by atoms with E-state index in [1.165, 1.54) is 10.9 Å². The molecule has 0 bridgehead atoms. The average Bonchev–Trinajstić information content (AvgIpc) is 2.43. The van der Waals surface area contributed by atoms with Gasteiger partial charge in [-0.3, -0.25) is 14.8 Å². The zero-order valence-corrected chi connectivity index (χ0v) is 8.17. The summed E-state index contributed by atoms with van der Waals surface area (Å²) in [5.41, 5.74) is 0.573. The standard InChI is InChI=1S/C8H13N3O3/c1-6(12)3-4-7-8(11(13)14)5-9-10(7)2/h5-6,12H,3-4H2,1-2H3/t6-/m1/s1. The lowest BCUT2D eigenvalue weighted by molar-refractivity contribution is -0.385. The highest BCUT2D eigenvalue weighted by Gasteiger charge is 2.18. The van der Waals surface area contributed by atoms with Crippen molar-refractivity contribution in [2.75, 3.05) is 0 Å². The Bertz CT molecular complexity index is 333. The molecular formula is C8H13N3O3. The van der Waals surface area contributed by atoms with Gasteiger partial charge < -0.3 is 5.11 Å². The first-order valence-corrected chi connectivity index (χ1v) is 4.35. The molecule has 1 aromatic heterocycles. The Morgan fingerprint density at radius 1 is 1.79 bits per heavy atom. The van der Waals surface area contributed by atoms with Crippen molar-refractivity contribution in [3.05, 3.63) is 22.0 Å². The van der Waals surface area contributed by atoms with Crippen LogP contribution in [0.4, 0.5) is 5.69 Å². The summed E-state index contributed by atoms with van der Waals surface area (Å²) >= 11 is 0. The van der Waals surface area contributed by atoms with Gasteiger partial charge in [0.05, 0.1) is 11.0 Å². The molecule has 0 radical (unpaired) electrons. The number of aliphatic hydroxyl groups excluding tert-OH is 1. The lowest BCUT2D eigenvalue weighted by atomic mass is 10.1. The Hall–Kier alpha value is -1.43. The van der Waals surface area contributed by atoms with Gasteiger partial charge in [-0.25, -0.2) is 0 Å². The second-order valence-electron chi connectivity index (χ2n) is 3.24. The molecule has 0 amide bonds. The summed E-state index contributed by atoms with van der Waals surface area (Å²) in [6.07, 6.45) is 1.74. The Labute approximate surface area is 81.3 Å². The largest absolute Gasteiger partial charge is 0.393 e. The van der Waals surface area contributed by atoms with Crippen LogP contribution in [0.2, 0.25) is 0 Å². The number of nitrogens with zero attached hydrogens (tertiary/aromatic N) is 3. The molecule has 0 aliphatic rings. The van der Waals surface area contributed by atoms with Crippen LogP contribution >= 0.6 is 0 Å². The maximum atomic E-state index is 10.6. The minimum absolute atomic E-state index is 0.0214. The number of aromatic nitrogens is 2. The Balaban J connectivity index is 2.83. The topological polar surface area (TPSA) is 81.2 Å². The smallest absolute Gasteiger partial charge is 0.310 e. The number of aliphatic hydroxyl groups is 1. The molecule has 0 saturated heterocycles. The third kappa shape index (κ3) is 2.29. The van der Waals surface area contributed by atoms with Gasteiger partial charge in [0.2, 0.25) is 0 Å². The summed E-state index contributed by atoms with van der Waals surface area (Å²) in [6, 6.07) is 0. The van der Waals surface area contributed by atoms with Crippen molar-refractivity contribution in [3.63, 3.8) is 0 Å². The number of aryl methyl sites for hydroxylation is 1. The highest BCUT2D eigenvalue weighted by atomic mass is 16.6. The third-order valence-electron chi connectivity index (χ3n) is 2.04. The zero-order chi connectivity index (χ0) is 10.7. The summed E-state index contributed by atoms with van der Waals surface area (Å²) in [4.78, 5) is 10.1. The number of nitro groups is 1. The average molecular weight is 199 g/mol. The van der Waals surface area contributed by atoms with E-state index < -0.39 is 11.0 Å². The monoisotopic (exact) mass is 199 g/mol. The van der Waals surface area contributed by atoms with Crippen molar-refractivity contribution in [1.29, 1.82) is 0 Å². The SMILES string of the molecule is C[C@@H](O)CCc1c([N+](=O)[O-])cnn1C. The highest BCUT2D eigenvalue weighted by Crippen LogP contribution is 2.18. The summed E-state index contributed by atoms with van der Waals surface area (Å²) in [7, 11) is 1.66. The van der Waals surface area contributed by atoms with Gasteiger partial charge in [0, 0.05) is 7.05 Å². The fourth-order valence-corrected chi connectivity index (χ4v) is 1.24. The third-order valence-corrected chi connectivity index (χ3v) is 2.04. The molecule has 0 aliphatic heterocycles. The maximum Gasteiger partial charge on any atom is 0.310 e. The zero-order valence-electron chi connectivity index (χ0n) is 8.17. The summed E-state index contributed by atoms with van der Waals surface area (Å²) in [5.74, 6) is 0. The van der Waals surface area contributed by atoms with Crippen LogP contribution in [-0.2, 0) is 13.5 Å². The van der Waals surface area contributed by atoms with Crippen molar-refractivity contribution >= 4 is 5.69 Å². The van der Waals surface area contributed by atoms with Crippen LogP contribution in [0.5, 0.6) is 0 Å². The Morgan fingerprint density at radius 3 is 2.93 bits per heavy atom. The fourth-order valence-electron chi connectivity index (χ4n) is 1.24. The van der Waals surface area contributed by atoms with Gasteiger partial charge in [-0.15, -0.1) is 0 Å². The molecular weight excluding hydrogens is 186 g/mol. The second-order valence-corrected chi connectivity index (χ2v) is 3.24. The molecule has 0 unspecified atom stereocenters. The van der Waals surface area contributed by atoms with Gasteiger partial charge >= 0.3 is 5.69 Å². The Kier molecular flexibility index (Phi) is 3.19. The summed E-state index contributed by atoms with van der Waals surface area (Å²) < 4.78 is 1.47. The number of hydrogen-bond acceptors (Lipinski definition) is 4. The number of rotatable bonds is 4. The van der Waals surface area contributed by atoms with Crippen molar-refractivity contribution in [1.82, 2.24) is 9.78 Å². The van der Waals surface area contributed by atoms with Crippen LogP contribution in [0, 0.1) is 10.1 Å². The van der Waals surface area contributed by atoms with E-state index in [4.69, 9.17) is 5.11 Å². The van der Waals surface area contributed by atoms with E-state index in [2.05, 4.69) is 5.10 Å². The van der Waals surface area contributed by atoms with Crippen LogP contribution in [0.3, 0.4) is 0 Å². The van der Waals surface area contributed by atoms with Crippen molar-refractivity contribution in [2.24, 2.45) is 7.05 Å². The molecule has 0 spiro atoms. The lowest BCUT2D eigenvalue weighted by Crippen LogP contribution is -2.06. The molecule has 1 heterocycles. The first-order chi connectivity index (χ1) is 6.52. The van der Waals surface area contributed by atoms with E-state index >= 15 is 0 Å². The maximum absolute atomic E-state index is 10.6. The van der Waals surface area contributed by atoms with E-state index in [9.17, 15) is 10.1 Å². The van der Waals surface area contributed by atoms with E-state index in [0.29, 0.717) is 18.5 Å². The molecule has 0 saturated carbocycles. The van der Waals surface area contributed by atoms with Crippen LogP contribution in [0.1, 0.15) is 19.0 Å². The molecule has 1 aromatic rings. The molecule has 0 aliphatic carbocycles. The predicted octanol–water partition coefficient (Wildman–Crippen LogP) is 0.642. The molecule has 6 heteroatoms. The molecule has 1 N–H and O–H groups in total. The fraction of sp³-hybridized carbons (Fsp3) is 0.625.